The first kappa shape index (κ1) is 24.1. The summed E-state index contributed by atoms with van der Waals surface area (Å²) in [6.07, 6.45) is 3.26. The fourth-order valence-electron chi connectivity index (χ4n) is 3.68. The molecule has 0 spiro atoms. The van der Waals surface area contributed by atoms with Crippen LogP contribution in [0.15, 0.2) is 90.6 Å². The quantitative estimate of drug-likeness (QED) is 0.362. The Kier molecular flexibility index (Phi) is 7.84. The maximum absolute atomic E-state index is 13.7. The van der Waals surface area contributed by atoms with Gasteiger partial charge in [-0.25, -0.2) is 4.39 Å². The lowest BCUT2D eigenvalue weighted by Crippen LogP contribution is -2.44. The van der Waals surface area contributed by atoms with Crippen LogP contribution in [-0.2, 0) is 22.6 Å². The highest BCUT2D eigenvalue weighted by Gasteiger charge is 2.33. The van der Waals surface area contributed by atoms with Gasteiger partial charge in [-0.2, -0.15) is 0 Å². The van der Waals surface area contributed by atoms with E-state index < -0.39 is 11.9 Å². The number of benzene rings is 2. The number of nitrogens with zero attached hydrogens (tertiary/aromatic N) is 2. The van der Waals surface area contributed by atoms with E-state index in [1.165, 1.54) is 40.5 Å². The second kappa shape index (κ2) is 11.4. The number of anilines is 1. The molecular formula is C27H24FN3O3S. The smallest absolute Gasteiger partial charge is 0.248 e. The molecule has 4 aromatic rings. The third-order valence-electron chi connectivity index (χ3n) is 5.43. The van der Waals surface area contributed by atoms with Crippen LogP contribution in [0, 0.1) is 5.82 Å². The van der Waals surface area contributed by atoms with Gasteiger partial charge in [0.1, 0.15) is 17.6 Å². The van der Waals surface area contributed by atoms with Crippen molar-refractivity contribution in [2.24, 2.45) is 0 Å². The Morgan fingerprint density at radius 1 is 1.03 bits per heavy atom. The van der Waals surface area contributed by atoms with E-state index in [1.54, 1.807) is 31.6 Å². The molecule has 0 fully saturated rings. The molecule has 178 valence electrons. The van der Waals surface area contributed by atoms with Crippen molar-refractivity contribution in [3.8, 4) is 5.75 Å². The average molecular weight is 490 g/mol. The summed E-state index contributed by atoms with van der Waals surface area (Å²) in [5.74, 6) is -0.350. The fraction of sp³-hybridized carbons (Fsp3) is 0.148. The summed E-state index contributed by atoms with van der Waals surface area (Å²) in [4.78, 5) is 33.5. The van der Waals surface area contributed by atoms with Crippen LogP contribution in [0.25, 0.3) is 0 Å². The number of hydrogen-bond acceptors (Lipinski definition) is 5. The number of rotatable bonds is 9. The molecule has 0 aliphatic rings. The van der Waals surface area contributed by atoms with Crippen molar-refractivity contribution in [1.82, 2.24) is 10.3 Å². The summed E-state index contributed by atoms with van der Waals surface area (Å²) in [6.45, 7) is 0.265. The number of nitrogens with one attached hydrogen (secondary N) is 1. The monoisotopic (exact) mass is 489 g/mol. The number of ether oxygens (including phenoxy) is 1. The van der Waals surface area contributed by atoms with Gasteiger partial charge in [0.2, 0.25) is 11.8 Å². The van der Waals surface area contributed by atoms with Gasteiger partial charge in [-0.1, -0.05) is 18.2 Å². The largest absolute Gasteiger partial charge is 0.497 e. The minimum Gasteiger partial charge on any atom is -0.497 e. The van der Waals surface area contributed by atoms with E-state index in [0.29, 0.717) is 11.3 Å². The van der Waals surface area contributed by atoms with E-state index in [9.17, 15) is 14.0 Å². The second-order valence-corrected chi connectivity index (χ2v) is 8.78. The molecule has 2 aromatic heterocycles. The maximum Gasteiger partial charge on any atom is 0.248 e. The Bertz CT molecular complexity index is 1250. The lowest BCUT2D eigenvalue weighted by atomic mass is 10.0. The molecular weight excluding hydrogens is 465 g/mol. The topological polar surface area (TPSA) is 71.5 Å². The molecule has 6 nitrogen and oxygen atoms in total. The number of halogens is 1. The van der Waals surface area contributed by atoms with Crippen molar-refractivity contribution < 1.29 is 18.7 Å². The minimum absolute atomic E-state index is 0.113. The first-order chi connectivity index (χ1) is 17.0. The van der Waals surface area contributed by atoms with Crippen LogP contribution < -0.4 is 15.0 Å². The highest BCUT2D eigenvalue weighted by molar-refractivity contribution is 7.10. The zero-order chi connectivity index (χ0) is 24.6. The highest BCUT2D eigenvalue weighted by atomic mass is 32.1. The summed E-state index contributed by atoms with van der Waals surface area (Å²) in [7, 11) is 1.59. The number of pyridine rings is 1. The molecule has 1 N–H and O–H groups in total. The van der Waals surface area contributed by atoms with E-state index in [-0.39, 0.29) is 24.8 Å². The minimum atomic E-state index is -0.978. The lowest BCUT2D eigenvalue weighted by Gasteiger charge is -2.31. The van der Waals surface area contributed by atoms with Gasteiger partial charge in [-0.3, -0.25) is 19.5 Å². The number of amides is 2. The van der Waals surface area contributed by atoms with Gasteiger partial charge in [0.05, 0.1) is 13.5 Å². The zero-order valence-corrected chi connectivity index (χ0v) is 19.9. The van der Waals surface area contributed by atoms with E-state index in [0.717, 1.165) is 16.2 Å². The number of aromatic nitrogens is 1. The second-order valence-electron chi connectivity index (χ2n) is 7.75. The zero-order valence-electron chi connectivity index (χ0n) is 19.1. The van der Waals surface area contributed by atoms with E-state index >= 15 is 0 Å². The van der Waals surface area contributed by atoms with E-state index in [1.807, 2.05) is 41.8 Å². The van der Waals surface area contributed by atoms with Gasteiger partial charge < -0.3 is 10.1 Å². The average Bonchev–Trinajstić information content (AvgIpc) is 3.40. The Balaban J connectivity index is 1.67. The molecule has 0 aliphatic heterocycles. The molecule has 35 heavy (non-hydrogen) atoms. The van der Waals surface area contributed by atoms with Gasteiger partial charge in [0.15, 0.2) is 0 Å². The van der Waals surface area contributed by atoms with Gasteiger partial charge in [-0.05, 0) is 71.1 Å². The van der Waals surface area contributed by atoms with Crippen molar-refractivity contribution in [1.29, 1.82) is 0 Å². The van der Waals surface area contributed by atoms with Gasteiger partial charge >= 0.3 is 0 Å². The molecule has 1 atom stereocenters. The van der Waals surface area contributed by atoms with Crippen molar-refractivity contribution >= 4 is 28.8 Å². The summed E-state index contributed by atoms with van der Waals surface area (Å²) < 4.78 is 18.9. The molecule has 0 bridgehead atoms. The Labute approximate surface area is 207 Å². The molecule has 0 unspecified atom stereocenters. The predicted octanol–water partition coefficient (Wildman–Crippen LogP) is 4.92. The van der Waals surface area contributed by atoms with Gasteiger partial charge in [0.25, 0.3) is 0 Å². The van der Waals surface area contributed by atoms with Crippen molar-refractivity contribution in [3.63, 3.8) is 0 Å². The third-order valence-corrected chi connectivity index (χ3v) is 6.31. The first-order valence-corrected chi connectivity index (χ1v) is 11.8. The molecule has 0 saturated carbocycles. The lowest BCUT2D eigenvalue weighted by molar-refractivity contribution is -0.126. The number of methoxy groups -OCH3 is 1. The summed E-state index contributed by atoms with van der Waals surface area (Å²) in [6, 6.07) is 19.1. The predicted molar refractivity (Wildman–Crippen MR) is 134 cm³/mol. The Hall–Kier alpha value is -4.04. The number of carbonyl (C=O) groups excluding carboxylic acids is 2. The molecule has 0 radical (unpaired) electrons. The standard InChI is InChI=1S/C27H24FN3O3S/c1-34-23-10-4-19(5-11-23)18-30-27(33)26(20-12-14-29-15-13-20)31(22-8-6-21(28)7-9-22)25(32)17-24-3-2-16-35-24/h2-16,26H,17-18H2,1H3,(H,30,33)/t26-/m0/s1. The van der Waals surface area contributed by atoms with E-state index in [4.69, 9.17) is 4.74 Å². The summed E-state index contributed by atoms with van der Waals surface area (Å²) in [5.41, 5.74) is 1.90. The number of carbonyl (C=O) groups is 2. The molecule has 8 heteroatoms. The van der Waals surface area contributed by atoms with E-state index in [2.05, 4.69) is 10.3 Å². The molecule has 0 saturated heterocycles. The third kappa shape index (κ3) is 6.10. The van der Waals surface area contributed by atoms with Gasteiger partial charge in [-0.15, -0.1) is 11.3 Å². The van der Waals surface area contributed by atoms with Crippen LogP contribution in [0.5, 0.6) is 5.75 Å². The van der Waals surface area contributed by atoms with Crippen molar-refractivity contribution in [2.45, 2.75) is 19.0 Å². The Morgan fingerprint density at radius 2 is 1.74 bits per heavy atom. The van der Waals surface area contributed by atoms with Gasteiger partial charge in [0, 0.05) is 29.5 Å². The van der Waals surface area contributed by atoms with Crippen molar-refractivity contribution in [3.05, 3.63) is 112 Å². The molecule has 0 aliphatic carbocycles. The summed E-state index contributed by atoms with van der Waals surface area (Å²) in [5, 5.41) is 4.84. The summed E-state index contributed by atoms with van der Waals surface area (Å²) >= 11 is 1.46. The normalized spacial score (nSPS) is 11.5. The van der Waals surface area contributed by atoms with Crippen LogP contribution in [0.1, 0.15) is 22.0 Å². The molecule has 2 aromatic carbocycles. The van der Waals surface area contributed by atoms with Crippen LogP contribution in [0.2, 0.25) is 0 Å². The van der Waals surface area contributed by atoms with Crippen LogP contribution in [-0.4, -0.2) is 23.9 Å². The van der Waals surface area contributed by atoms with Crippen molar-refractivity contribution in [2.75, 3.05) is 12.0 Å². The number of thiophene rings is 1. The SMILES string of the molecule is COc1ccc(CNC(=O)[C@H](c2ccncc2)N(C(=O)Cc2cccs2)c2ccc(F)cc2)cc1. The van der Waals surface area contributed by atoms with Crippen LogP contribution >= 0.6 is 11.3 Å². The first-order valence-electron chi connectivity index (χ1n) is 11.0. The fourth-order valence-corrected chi connectivity index (χ4v) is 4.37. The van der Waals surface area contributed by atoms with Crippen LogP contribution in [0.4, 0.5) is 10.1 Å². The molecule has 2 amide bonds. The molecule has 2 heterocycles. The molecule has 4 rings (SSSR count). The van der Waals surface area contributed by atoms with Crippen LogP contribution in [0.3, 0.4) is 0 Å². The number of hydrogen-bond donors (Lipinski definition) is 1. The maximum atomic E-state index is 13.7. The highest BCUT2D eigenvalue weighted by Crippen LogP contribution is 2.29. The Morgan fingerprint density at radius 3 is 2.37 bits per heavy atom.